The van der Waals surface area contributed by atoms with Crippen molar-refractivity contribution in [3.8, 4) is 0 Å². The molecule has 1 atom stereocenters. The fraction of sp³-hybridized carbons (Fsp3) is 0.308. The van der Waals surface area contributed by atoms with Gasteiger partial charge in [-0.2, -0.15) is 0 Å². The molecule has 1 amide bonds. The van der Waals surface area contributed by atoms with Gasteiger partial charge in [0, 0.05) is 0 Å². The number of carbonyl (C=O) groups excluding carboxylic acids is 3. The third-order valence-electron chi connectivity index (χ3n) is 2.58. The van der Waals surface area contributed by atoms with E-state index in [1.807, 2.05) is 30.3 Å². The zero-order valence-corrected chi connectivity index (χ0v) is 10.1. The number of benzene rings is 1. The summed E-state index contributed by atoms with van der Waals surface area (Å²) in [6.07, 6.45) is -0.225. The summed E-state index contributed by atoms with van der Waals surface area (Å²) < 4.78 is 9.62. The number of esters is 2. The van der Waals surface area contributed by atoms with Crippen molar-refractivity contribution in [2.24, 2.45) is 0 Å². The average molecular weight is 263 g/mol. The molecular formula is C13H13NO5. The molecule has 6 nitrogen and oxygen atoms in total. The molecule has 0 spiro atoms. The number of hydrogen-bond donors (Lipinski definition) is 1. The minimum atomic E-state index is -0.954. The van der Waals surface area contributed by atoms with Gasteiger partial charge < -0.3 is 14.8 Å². The van der Waals surface area contributed by atoms with Gasteiger partial charge in [-0.3, -0.25) is 9.59 Å². The molecule has 1 aliphatic rings. The van der Waals surface area contributed by atoms with Crippen molar-refractivity contribution >= 4 is 17.8 Å². The van der Waals surface area contributed by atoms with Gasteiger partial charge in [-0.15, -0.1) is 0 Å². The predicted molar refractivity (Wildman–Crippen MR) is 63.7 cm³/mol. The Labute approximate surface area is 109 Å². The molecular weight excluding hydrogens is 250 g/mol. The lowest BCUT2D eigenvalue weighted by Crippen LogP contribution is -2.50. The Balaban J connectivity index is 1.81. The van der Waals surface area contributed by atoms with Gasteiger partial charge in [0.1, 0.15) is 12.6 Å². The van der Waals surface area contributed by atoms with E-state index >= 15 is 0 Å². The van der Waals surface area contributed by atoms with Gasteiger partial charge in [0.2, 0.25) is 0 Å². The summed E-state index contributed by atoms with van der Waals surface area (Å²) >= 11 is 0. The van der Waals surface area contributed by atoms with Crippen LogP contribution in [-0.4, -0.2) is 30.5 Å². The summed E-state index contributed by atoms with van der Waals surface area (Å²) in [5.41, 5.74) is 0.853. The summed E-state index contributed by atoms with van der Waals surface area (Å²) in [7, 11) is 0. The topological polar surface area (TPSA) is 81.7 Å². The van der Waals surface area contributed by atoms with Gasteiger partial charge in [0.05, 0.1) is 6.42 Å². The normalized spacial score (nSPS) is 18.4. The fourth-order valence-electron chi connectivity index (χ4n) is 1.63. The molecule has 0 bridgehead atoms. The Hall–Kier alpha value is -2.37. The number of rotatable bonds is 4. The first-order valence-corrected chi connectivity index (χ1v) is 5.80. The Morgan fingerprint density at radius 3 is 2.79 bits per heavy atom. The van der Waals surface area contributed by atoms with E-state index < -0.39 is 23.9 Å². The lowest BCUT2D eigenvalue weighted by molar-refractivity contribution is -0.161. The fourth-order valence-corrected chi connectivity index (χ4v) is 1.63. The molecule has 19 heavy (non-hydrogen) atoms. The van der Waals surface area contributed by atoms with Gasteiger partial charge in [-0.25, -0.2) is 4.79 Å². The van der Waals surface area contributed by atoms with Crippen LogP contribution in [0.2, 0.25) is 0 Å². The van der Waals surface area contributed by atoms with E-state index in [9.17, 15) is 14.4 Å². The molecule has 0 aromatic heterocycles. The van der Waals surface area contributed by atoms with Crippen LogP contribution in [-0.2, 0) is 30.5 Å². The Morgan fingerprint density at radius 2 is 2.05 bits per heavy atom. The quantitative estimate of drug-likeness (QED) is 0.783. The molecule has 1 fully saturated rings. The maximum absolute atomic E-state index is 11.6. The number of nitrogens with one attached hydrogen (secondary N) is 1. The average Bonchev–Trinajstić information content (AvgIpc) is 2.42. The lowest BCUT2D eigenvalue weighted by atomic mass is 10.2. The summed E-state index contributed by atoms with van der Waals surface area (Å²) in [5, 5.41) is 2.38. The summed E-state index contributed by atoms with van der Waals surface area (Å²) in [6.45, 7) is -0.163. The molecule has 1 N–H and O–H groups in total. The molecule has 1 aromatic carbocycles. The number of hydrogen-bond acceptors (Lipinski definition) is 5. The van der Waals surface area contributed by atoms with E-state index in [-0.39, 0.29) is 19.6 Å². The molecule has 100 valence electrons. The highest BCUT2D eigenvalue weighted by Gasteiger charge is 2.30. The molecule has 1 heterocycles. The predicted octanol–water partition coefficient (Wildman–Crippen LogP) is 0.161. The Morgan fingerprint density at radius 1 is 1.32 bits per heavy atom. The Bertz CT molecular complexity index is 485. The van der Waals surface area contributed by atoms with Crippen LogP contribution in [0.3, 0.4) is 0 Å². The first kappa shape index (κ1) is 13.1. The van der Waals surface area contributed by atoms with Crippen LogP contribution in [0.4, 0.5) is 0 Å². The third-order valence-corrected chi connectivity index (χ3v) is 2.58. The van der Waals surface area contributed by atoms with Crippen molar-refractivity contribution in [1.82, 2.24) is 5.32 Å². The smallest absolute Gasteiger partial charge is 0.329 e. The van der Waals surface area contributed by atoms with E-state index in [2.05, 4.69) is 10.1 Å². The van der Waals surface area contributed by atoms with Crippen LogP contribution in [0.15, 0.2) is 30.3 Å². The van der Waals surface area contributed by atoms with Gasteiger partial charge in [-0.05, 0) is 5.56 Å². The van der Waals surface area contributed by atoms with E-state index in [0.29, 0.717) is 0 Å². The zero-order valence-electron chi connectivity index (χ0n) is 10.1. The van der Waals surface area contributed by atoms with Crippen molar-refractivity contribution in [3.05, 3.63) is 35.9 Å². The maximum atomic E-state index is 11.6. The second-order valence-electron chi connectivity index (χ2n) is 4.08. The lowest BCUT2D eigenvalue weighted by Gasteiger charge is -2.21. The van der Waals surface area contributed by atoms with E-state index in [4.69, 9.17) is 4.74 Å². The second-order valence-corrected chi connectivity index (χ2v) is 4.08. The van der Waals surface area contributed by atoms with Crippen molar-refractivity contribution in [1.29, 1.82) is 0 Å². The number of morpholine rings is 1. The molecule has 0 aliphatic carbocycles. The first-order chi connectivity index (χ1) is 9.15. The van der Waals surface area contributed by atoms with Gasteiger partial charge >= 0.3 is 11.9 Å². The number of ether oxygens (including phenoxy) is 2. The molecule has 0 saturated carbocycles. The van der Waals surface area contributed by atoms with Crippen molar-refractivity contribution in [2.75, 3.05) is 6.61 Å². The van der Waals surface area contributed by atoms with Crippen molar-refractivity contribution in [2.45, 2.75) is 19.1 Å². The van der Waals surface area contributed by atoms with Gasteiger partial charge in [-0.1, -0.05) is 30.3 Å². The van der Waals surface area contributed by atoms with Crippen LogP contribution in [0.1, 0.15) is 12.0 Å². The summed E-state index contributed by atoms with van der Waals surface area (Å²) in [6, 6.07) is 8.22. The minimum Gasteiger partial charge on any atom is -0.461 e. The SMILES string of the molecule is O=C1COC(=O)[C@H](CC(=O)OCc2ccccc2)N1. The monoisotopic (exact) mass is 263 g/mol. The molecule has 1 saturated heterocycles. The maximum Gasteiger partial charge on any atom is 0.329 e. The van der Waals surface area contributed by atoms with Crippen LogP contribution in [0.5, 0.6) is 0 Å². The van der Waals surface area contributed by atoms with Crippen LogP contribution in [0, 0.1) is 0 Å². The van der Waals surface area contributed by atoms with E-state index in [1.165, 1.54) is 0 Å². The van der Waals surface area contributed by atoms with Crippen molar-refractivity contribution in [3.63, 3.8) is 0 Å². The van der Waals surface area contributed by atoms with Crippen LogP contribution in [0.25, 0.3) is 0 Å². The van der Waals surface area contributed by atoms with E-state index in [1.54, 1.807) is 0 Å². The standard InChI is InChI=1S/C13H13NO5/c15-11-8-19-13(17)10(14-11)6-12(16)18-7-9-4-2-1-3-5-9/h1-5,10H,6-8H2,(H,14,15)/t10-/m0/s1. The van der Waals surface area contributed by atoms with Gasteiger partial charge in [0.15, 0.2) is 6.61 Å². The van der Waals surface area contributed by atoms with Crippen LogP contribution >= 0.6 is 0 Å². The number of cyclic esters (lactones) is 1. The summed E-state index contributed by atoms with van der Waals surface area (Å²) in [4.78, 5) is 33.9. The molecule has 1 aromatic rings. The minimum absolute atomic E-state index is 0.134. The molecule has 6 heteroatoms. The number of carbonyl (C=O) groups is 3. The highest BCUT2D eigenvalue weighted by molar-refractivity contribution is 5.92. The molecule has 2 rings (SSSR count). The number of amides is 1. The second kappa shape index (κ2) is 5.99. The molecule has 0 unspecified atom stereocenters. The largest absolute Gasteiger partial charge is 0.461 e. The van der Waals surface area contributed by atoms with Gasteiger partial charge in [0.25, 0.3) is 5.91 Å². The highest BCUT2D eigenvalue weighted by Crippen LogP contribution is 2.06. The summed E-state index contributed by atoms with van der Waals surface area (Å²) in [5.74, 6) is -1.59. The zero-order chi connectivity index (χ0) is 13.7. The van der Waals surface area contributed by atoms with Crippen molar-refractivity contribution < 1.29 is 23.9 Å². The third kappa shape index (κ3) is 3.80. The molecule has 0 radical (unpaired) electrons. The highest BCUT2D eigenvalue weighted by atomic mass is 16.5. The first-order valence-electron chi connectivity index (χ1n) is 5.80. The van der Waals surface area contributed by atoms with Crippen LogP contribution < -0.4 is 5.32 Å². The Kier molecular flexibility index (Phi) is 4.12. The molecule has 1 aliphatic heterocycles. The van der Waals surface area contributed by atoms with E-state index in [0.717, 1.165) is 5.56 Å².